The molecule has 0 bridgehead atoms. The van der Waals surface area contributed by atoms with Gasteiger partial charge >= 0.3 is 0 Å². The molecule has 5 heteroatoms. The van der Waals surface area contributed by atoms with Crippen molar-refractivity contribution >= 4 is 21.8 Å². The molecule has 1 fully saturated rings. The van der Waals surface area contributed by atoms with Crippen molar-refractivity contribution in [3.8, 4) is 5.75 Å². The molecule has 0 radical (unpaired) electrons. The lowest BCUT2D eigenvalue weighted by atomic mass is 10.1. The zero-order valence-corrected chi connectivity index (χ0v) is 15.8. The zero-order chi connectivity index (χ0) is 17.8. The third-order valence-electron chi connectivity index (χ3n) is 4.44. The summed E-state index contributed by atoms with van der Waals surface area (Å²) in [5.41, 5.74) is 1.66. The first-order valence-corrected chi connectivity index (χ1v) is 9.22. The Morgan fingerprint density at radius 2 is 1.96 bits per heavy atom. The molecule has 0 heterocycles. The minimum Gasteiger partial charge on any atom is -0.497 e. The van der Waals surface area contributed by atoms with Crippen LogP contribution in [-0.2, 0) is 17.8 Å². The van der Waals surface area contributed by atoms with Crippen molar-refractivity contribution in [2.45, 2.75) is 38.3 Å². The van der Waals surface area contributed by atoms with E-state index in [2.05, 4.69) is 15.9 Å². The van der Waals surface area contributed by atoms with Gasteiger partial charge < -0.3 is 9.64 Å². The average molecular weight is 406 g/mol. The first-order chi connectivity index (χ1) is 12.1. The number of carbonyl (C=O) groups is 1. The maximum absolute atomic E-state index is 13.9. The van der Waals surface area contributed by atoms with E-state index in [1.54, 1.807) is 19.2 Å². The van der Waals surface area contributed by atoms with Crippen molar-refractivity contribution in [1.29, 1.82) is 0 Å². The number of benzene rings is 2. The summed E-state index contributed by atoms with van der Waals surface area (Å²) in [5.74, 6) is 0.620. The van der Waals surface area contributed by atoms with E-state index in [1.165, 1.54) is 6.07 Å². The van der Waals surface area contributed by atoms with Crippen LogP contribution in [0.5, 0.6) is 5.75 Å². The number of halogens is 2. The molecule has 0 saturated heterocycles. The van der Waals surface area contributed by atoms with Crippen LogP contribution >= 0.6 is 15.9 Å². The molecule has 2 aromatic carbocycles. The summed E-state index contributed by atoms with van der Waals surface area (Å²) in [6.45, 7) is 0.594. The minimum absolute atomic E-state index is 0.0839. The Bertz CT molecular complexity index is 744. The Balaban J connectivity index is 1.62. The number of ether oxygens (including phenoxy) is 1. The third kappa shape index (κ3) is 4.82. The van der Waals surface area contributed by atoms with E-state index in [1.807, 2.05) is 29.2 Å². The second-order valence-corrected chi connectivity index (χ2v) is 7.25. The van der Waals surface area contributed by atoms with E-state index in [9.17, 15) is 9.18 Å². The van der Waals surface area contributed by atoms with Gasteiger partial charge in [-0.1, -0.05) is 34.1 Å². The fraction of sp³-hybridized carbons (Fsp3) is 0.350. The molecule has 1 amide bonds. The van der Waals surface area contributed by atoms with Gasteiger partial charge in [0.25, 0.3) is 0 Å². The molecule has 1 saturated carbocycles. The van der Waals surface area contributed by atoms with Gasteiger partial charge in [-0.2, -0.15) is 0 Å². The van der Waals surface area contributed by atoms with Gasteiger partial charge in [0.05, 0.1) is 7.11 Å². The molecular weight excluding hydrogens is 385 g/mol. The largest absolute Gasteiger partial charge is 0.497 e. The predicted molar refractivity (Wildman–Crippen MR) is 99.0 cm³/mol. The molecule has 132 valence electrons. The third-order valence-corrected chi connectivity index (χ3v) is 4.94. The Hall–Kier alpha value is -1.88. The average Bonchev–Trinajstić information content (AvgIpc) is 3.44. The first-order valence-electron chi connectivity index (χ1n) is 8.43. The van der Waals surface area contributed by atoms with Crippen LogP contribution in [0, 0.1) is 5.82 Å². The maximum atomic E-state index is 13.9. The van der Waals surface area contributed by atoms with Crippen molar-refractivity contribution in [1.82, 2.24) is 4.90 Å². The zero-order valence-electron chi connectivity index (χ0n) is 14.2. The summed E-state index contributed by atoms with van der Waals surface area (Å²) in [5, 5.41) is 0. The molecule has 3 rings (SSSR count). The second kappa shape index (κ2) is 8.00. The monoisotopic (exact) mass is 405 g/mol. The van der Waals surface area contributed by atoms with Crippen LogP contribution in [0.15, 0.2) is 46.9 Å². The molecule has 2 aromatic rings. The molecule has 0 unspecified atom stereocenters. The molecule has 1 aliphatic carbocycles. The normalized spacial score (nSPS) is 13.6. The number of rotatable bonds is 7. The Morgan fingerprint density at radius 3 is 2.56 bits per heavy atom. The lowest BCUT2D eigenvalue weighted by Gasteiger charge is -2.23. The molecule has 0 N–H and O–H groups in total. The highest BCUT2D eigenvalue weighted by Crippen LogP contribution is 2.29. The minimum atomic E-state index is -0.268. The summed E-state index contributed by atoms with van der Waals surface area (Å²) in [6, 6.07) is 13.1. The SMILES string of the molecule is COc1ccc(CN(C(=O)CCc2ccc(Br)cc2F)C2CC2)cc1. The van der Waals surface area contributed by atoms with Crippen LogP contribution < -0.4 is 4.74 Å². The molecule has 25 heavy (non-hydrogen) atoms. The molecule has 0 atom stereocenters. The Labute approximate surface area is 155 Å². The van der Waals surface area contributed by atoms with Gasteiger partial charge in [0.2, 0.25) is 5.91 Å². The fourth-order valence-electron chi connectivity index (χ4n) is 2.84. The molecule has 0 spiro atoms. The van der Waals surface area contributed by atoms with E-state index >= 15 is 0 Å². The highest BCUT2D eigenvalue weighted by atomic mass is 79.9. The number of hydrogen-bond acceptors (Lipinski definition) is 2. The van der Waals surface area contributed by atoms with Crippen LogP contribution in [0.1, 0.15) is 30.4 Å². The van der Waals surface area contributed by atoms with Gasteiger partial charge in [-0.25, -0.2) is 4.39 Å². The molecule has 0 aliphatic heterocycles. The summed E-state index contributed by atoms with van der Waals surface area (Å²) >= 11 is 3.25. The molecule has 3 nitrogen and oxygen atoms in total. The lowest BCUT2D eigenvalue weighted by Crippen LogP contribution is -2.32. The first kappa shape index (κ1) is 17.9. The standard InChI is InChI=1S/C20H21BrFNO2/c1-25-18-9-2-14(3-10-18)13-23(17-7-8-17)20(24)11-5-15-4-6-16(21)12-19(15)22/h2-4,6,9-10,12,17H,5,7-8,11,13H2,1H3. The fourth-order valence-corrected chi connectivity index (χ4v) is 3.18. The van der Waals surface area contributed by atoms with E-state index in [-0.39, 0.29) is 11.7 Å². The molecule has 1 aliphatic rings. The number of nitrogens with zero attached hydrogens (tertiary/aromatic N) is 1. The lowest BCUT2D eigenvalue weighted by molar-refractivity contribution is -0.132. The number of aryl methyl sites for hydroxylation is 1. The van der Waals surface area contributed by atoms with Gasteiger partial charge in [-0.3, -0.25) is 4.79 Å². The summed E-state index contributed by atoms with van der Waals surface area (Å²) in [6.07, 6.45) is 2.85. The Morgan fingerprint density at radius 1 is 1.24 bits per heavy atom. The van der Waals surface area contributed by atoms with Crippen molar-refractivity contribution in [3.05, 3.63) is 63.9 Å². The summed E-state index contributed by atoms with van der Waals surface area (Å²) in [7, 11) is 1.64. The molecular formula is C20H21BrFNO2. The number of hydrogen-bond donors (Lipinski definition) is 0. The van der Waals surface area contributed by atoms with E-state index in [4.69, 9.17) is 4.74 Å². The van der Waals surface area contributed by atoms with Crippen molar-refractivity contribution in [3.63, 3.8) is 0 Å². The van der Waals surface area contributed by atoms with Crippen molar-refractivity contribution in [2.75, 3.05) is 7.11 Å². The van der Waals surface area contributed by atoms with Crippen LogP contribution in [-0.4, -0.2) is 24.0 Å². The van der Waals surface area contributed by atoms with Gasteiger partial charge in [0, 0.05) is 23.5 Å². The van der Waals surface area contributed by atoms with Gasteiger partial charge in [-0.05, 0) is 54.7 Å². The Kier molecular flexibility index (Phi) is 5.74. The predicted octanol–water partition coefficient (Wildman–Crippen LogP) is 4.72. The highest BCUT2D eigenvalue weighted by Gasteiger charge is 2.32. The quantitative estimate of drug-likeness (QED) is 0.666. The maximum Gasteiger partial charge on any atom is 0.223 e. The van der Waals surface area contributed by atoms with E-state index in [0.29, 0.717) is 35.5 Å². The van der Waals surface area contributed by atoms with Gasteiger partial charge in [0.1, 0.15) is 11.6 Å². The van der Waals surface area contributed by atoms with Crippen molar-refractivity contribution in [2.24, 2.45) is 0 Å². The van der Waals surface area contributed by atoms with Gasteiger partial charge in [-0.15, -0.1) is 0 Å². The van der Waals surface area contributed by atoms with Crippen molar-refractivity contribution < 1.29 is 13.9 Å². The highest BCUT2D eigenvalue weighted by molar-refractivity contribution is 9.10. The van der Waals surface area contributed by atoms with Crippen LogP contribution in [0.25, 0.3) is 0 Å². The molecule has 0 aromatic heterocycles. The summed E-state index contributed by atoms with van der Waals surface area (Å²) < 4.78 is 19.8. The number of carbonyl (C=O) groups excluding carboxylic acids is 1. The van der Waals surface area contributed by atoms with Gasteiger partial charge in [0.15, 0.2) is 0 Å². The number of methoxy groups -OCH3 is 1. The van der Waals surface area contributed by atoms with E-state index < -0.39 is 0 Å². The second-order valence-electron chi connectivity index (χ2n) is 6.34. The topological polar surface area (TPSA) is 29.5 Å². The summed E-state index contributed by atoms with van der Waals surface area (Å²) in [4.78, 5) is 14.6. The van der Waals surface area contributed by atoms with Crippen LogP contribution in [0.3, 0.4) is 0 Å². The smallest absolute Gasteiger partial charge is 0.223 e. The number of amides is 1. The van der Waals surface area contributed by atoms with Crippen LogP contribution in [0.2, 0.25) is 0 Å². The van der Waals surface area contributed by atoms with E-state index in [0.717, 1.165) is 24.2 Å². The van der Waals surface area contributed by atoms with Crippen LogP contribution in [0.4, 0.5) is 4.39 Å².